The summed E-state index contributed by atoms with van der Waals surface area (Å²) in [5.74, 6) is 0.126. The Morgan fingerprint density at radius 2 is 2.67 bits per heavy atom. The highest BCUT2D eigenvalue weighted by Gasteiger charge is 2.13. The topological polar surface area (TPSA) is 33.6 Å². The average molecular weight is 179 g/mol. The van der Waals surface area contributed by atoms with E-state index in [9.17, 15) is 0 Å². The number of hydrogen-bond donors (Lipinski definition) is 1. The van der Waals surface area contributed by atoms with E-state index < -0.39 is 0 Å². The zero-order valence-electron chi connectivity index (χ0n) is 6.23. The predicted octanol–water partition coefficient (Wildman–Crippen LogP) is 1.66. The van der Waals surface area contributed by atoms with Gasteiger partial charge in [0.1, 0.15) is 12.5 Å². The van der Waals surface area contributed by atoms with Crippen molar-refractivity contribution in [3.63, 3.8) is 0 Å². The van der Waals surface area contributed by atoms with Crippen LogP contribution in [0.2, 0.25) is 0 Å². The second-order valence-electron chi connectivity index (χ2n) is 2.28. The van der Waals surface area contributed by atoms with Gasteiger partial charge in [-0.25, -0.2) is 0 Å². The summed E-state index contributed by atoms with van der Waals surface area (Å²) >= 11 is 1.56. The van der Waals surface area contributed by atoms with E-state index in [4.69, 9.17) is 0 Å². The van der Waals surface area contributed by atoms with Gasteiger partial charge in [-0.3, -0.25) is 0 Å². The first-order valence-corrected chi connectivity index (χ1v) is 4.35. The predicted molar refractivity (Wildman–Crippen MR) is 49.1 cm³/mol. The summed E-state index contributed by atoms with van der Waals surface area (Å²) in [6.07, 6.45) is 12.2. The minimum atomic E-state index is 0.126. The highest BCUT2D eigenvalue weighted by atomic mass is 32.2. The maximum absolute atomic E-state index is 4.65. The van der Waals surface area contributed by atoms with E-state index in [0.717, 1.165) is 0 Å². The zero-order valence-corrected chi connectivity index (χ0v) is 7.04. The minimum Gasteiger partial charge on any atom is -0.365 e. The maximum Gasteiger partial charge on any atom is 0.119 e. The minimum absolute atomic E-state index is 0.126. The van der Waals surface area contributed by atoms with Crippen LogP contribution in [0.25, 0.3) is 0 Å². The first kappa shape index (κ1) is 7.49. The van der Waals surface area contributed by atoms with Crippen LogP contribution in [0.5, 0.6) is 0 Å². The Balaban J connectivity index is 2.12. The molecule has 0 fully saturated rings. The number of allylic oxidation sites excluding steroid dienone is 4. The van der Waals surface area contributed by atoms with Gasteiger partial charge in [0.15, 0.2) is 0 Å². The number of nitrogens with zero attached hydrogens (tertiary/aromatic N) is 1. The number of nitrogens with one attached hydrogen (secondary N) is 1. The van der Waals surface area contributed by atoms with E-state index in [1.54, 1.807) is 18.2 Å². The van der Waals surface area contributed by atoms with Crippen LogP contribution in [0.4, 0.5) is 0 Å². The molecule has 2 rings (SSSR count). The molecule has 1 atom stereocenters. The molecule has 0 aromatic heterocycles. The van der Waals surface area contributed by atoms with Gasteiger partial charge in [-0.2, -0.15) is 0 Å². The SMILES string of the molecule is [C]1=NOC=CC1C1=CC=CNS1. The molecule has 2 aliphatic rings. The van der Waals surface area contributed by atoms with Crippen LogP contribution in [0.15, 0.2) is 40.8 Å². The van der Waals surface area contributed by atoms with Gasteiger partial charge in [-0.05, 0) is 30.2 Å². The van der Waals surface area contributed by atoms with Crippen molar-refractivity contribution >= 4 is 18.2 Å². The molecule has 0 aliphatic carbocycles. The second kappa shape index (κ2) is 3.49. The van der Waals surface area contributed by atoms with E-state index in [0.29, 0.717) is 0 Å². The summed E-state index contributed by atoms with van der Waals surface area (Å²) in [4.78, 5) is 5.82. The Morgan fingerprint density at radius 3 is 3.33 bits per heavy atom. The molecule has 2 aliphatic heterocycles. The summed E-state index contributed by atoms with van der Waals surface area (Å²) in [5.41, 5.74) is 0. The van der Waals surface area contributed by atoms with Crippen LogP contribution >= 0.6 is 11.9 Å². The van der Waals surface area contributed by atoms with E-state index >= 15 is 0 Å². The van der Waals surface area contributed by atoms with Gasteiger partial charge in [0.2, 0.25) is 0 Å². The third-order valence-electron chi connectivity index (χ3n) is 1.48. The van der Waals surface area contributed by atoms with Crippen molar-refractivity contribution in [1.29, 1.82) is 0 Å². The molecule has 0 saturated heterocycles. The summed E-state index contributed by atoms with van der Waals surface area (Å²) in [5, 5.41) is 3.59. The van der Waals surface area contributed by atoms with Crippen LogP contribution in [0.3, 0.4) is 0 Å². The molecule has 1 unspecified atom stereocenters. The lowest BCUT2D eigenvalue weighted by molar-refractivity contribution is 0.262. The fourth-order valence-electron chi connectivity index (χ4n) is 0.918. The largest absolute Gasteiger partial charge is 0.365 e. The van der Waals surface area contributed by atoms with Gasteiger partial charge in [0, 0.05) is 11.1 Å². The molecule has 4 heteroatoms. The zero-order chi connectivity index (χ0) is 8.23. The summed E-state index contributed by atoms with van der Waals surface area (Å²) in [6.45, 7) is 0. The molecule has 0 aromatic rings. The van der Waals surface area contributed by atoms with Crippen LogP contribution in [0.1, 0.15) is 0 Å². The van der Waals surface area contributed by atoms with Crippen molar-refractivity contribution in [2.75, 3.05) is 0 Å². The molecule has 2 heterocycles. The molecule has 0 amide bonds. The van der Waals surface area contributed by atoms with Gasteiger partial charge >= 0.3 is 0 Å². The van der Waals surface area contributed by atoms with E-state index in [1.165, 1.54) is 4.91 Å². The van der Waals surface area contributed by atoms with E-state index in [1.807, 2.05) is 24.4 Å². The van der Waals surface area contributed by atoms with Gasteiger partial charge in [0.05, 0.1) is 5.92 Å². The molecular weight excluding hydrogens is 172 g/mol. The Kier molecular flexibility index (Phi) is 2.18. The molecule has 0 aromatic carbocycles. The Bertz CT molecular complexity index is 269. The van der Waals surface area contributed by atoms with Gasteiger partial charge < -0.3 is 9.56 Å². The van der Waals surface area contributed by atoms with Crippen molar-refractivity contribution < 1.29 is 4.84 Å². The van der Waals surface area contributed by atoms with Crippen molar-refractivity contribution in [3.05, 3.63) is 35.6 Å². The Hall–Kier alpha value is -1.16. The van der Waals surface area contributed by atoms with E-state index in [2.05, 4.69) is 20.9 Å². The molecule has 1 radical (unpaired) electrons. The lowest BCUT2D eigenvalue weighted by Crippen LogP contribution is -2.08. The second-order valence-corrected chi connectivity index (χ2v) is 3.19. The first-order valence-electron chi connectivity index (χ1n) is 3.54. The van der Waals surface area contributed by atoms with Gasteiger partial charge in [-0.15, -0.1) is 0 Å². The van der Waals surface area contributed by atoms with Crippen LogP contribution in [-0.2, 0) is 4.84 Å². The van der Waals surface area contributed by atoms with Crippen molar-refractivity contribution in [3.8, 4) is 0 Å². The summed E-state index contributed by atoms with van der Waals surface area (Å²) in [6, 6.07) is 0. The fraction of sp³-hybridized carbons (Fsp3) is 0.125. The highest BCUT2D eigenvalue weighted by Crippen LogP contribution is 2.25. The quantitative estimate of drug-likeness (QED) is 0.621. The fourth-order valence-corrected chi connectivity index (χ4v) is 1.61. The molecule has 61 valence electrons. The summed E-state index contributed by atoms with van der Waals surface area (Å²) in [7, 11) is 0. The smallest absolute Gasteiger partial charge is 0.119 e. The third kappa shape index (κ3) is 1.53. The first-order chi connectivity index (χ1) is 5.97. The molecular formula is C8H7N2OS. The monoisotopic (exact) mass is 179 g/mol. The van der Waals surface area contributed by atoms with Gasteiger partial charge in [0.25, 0.3) is 0 Å². The van der Waals surface area contributed by atoms with Crippen LogP contribution < -0.4 is 4.72 Å². The summed E-state index contributed by atoms with van der Waals surface area (Å²) < 4.78 is 3.04. The average Bonchev–Trinajstić information content (AvgIpc) is 2.21. The molecule has 1 N–H and O–H groups in total. The Labute approximate surface area is 75.0 Å². The molecule has 12 heavy (non-hydrogen) atoms. The van der Waals surface area contributed by atoms with Crippen molar-refractivity contribution in [2.24, 2.45) is 11.1 Å². The molecule has 3 nitrogen and oxygen atoms in total. The normalized spacial score (nSPS) is 26.0. The van der Waals surface area contributed by atoms with Gasteiger partial charge in [-0.1, -0.05) is 5.16 Å². The highest BCUT2D eigenvalue weighted by molar-refractivity contribution is 8.01. The number of rotatable bonds is 1. The van der Waals surface area contributed by atoms with E-state index in [-0.39, 0.29) is 5.92 Å². The van der Waals surface area contributed by atoms with Crippen molar-refractivity contribution in [1.82, 2.24) is 4.72 Å². The molecule has 0 spiro atoms. The molecule has 0 bridgehead atoms. The van der Waals surface area contributed by atoms with Crippen LogP contribution in [0, 0.1) is 5.92 Å². The lowest BCUT2D eigenvalue weighted by Gasteiger charge is -2.14. The molecule has 0 saturated carbocycles. The maximum atomic E-state index is 4.65. The van der Waals surface area contributed by atoms with Crippen molar-refractivity contribution in [2.45, 2.75) is 0 Å². The lowest BCUT2D eigenvalue weighted by atomic mass is 10.1. The van der Waals surface area contributed by atoms with Crippen LogP contribution in [-0.4, -0.2) is 6.21 Å². The number of hydrogen-bond acceptors (Lipinski definition) is 4. The Morgan fingerprint density at radius 1 is 1.67 bits per heavy atom. The standard InChI is InChI=1S/C8H7N2OS/c1-2-8(12-10-4-1)7-3-5-11-9-6-7/h1-5,7,10H. The third-order valence-corrected chi connectivity index (χ3v) is 2.36.